The Kier molecular flexibility index (Phi) is 5.31. The van der Waals surface area contributed by atoms with E-state index in [0.29, 0.717) is 24.0 Å². The summed E-state index contributed by atoms with van der Waals surface area (Å²) in [4.78, 5) is 34.6. The minimum Gasteiger partial charge on any atom is -0.387 e. The van der Waals surface area contributed by atoms with Gasteiger partial charge in [-0.15, -0.1) is 0 Å². The van der Waals surface area contributed by atoms with E-state index in [0.717, 1.165) is 51.3 Å². The van der Waals surface area contributed by atoms with Crippen LogP contribution in [0, 0.1) is 0 Å². The molecule has 4 rings (SSSR count). The van der Waals surface area contributed by atoms with Gasteiger partial charge >= 0.3 is 0 Å². The maximum absolute atomic E-state index is 12.2. The molecule has 2 saturated heterocycles. The SMILES string of the molecule is CC(=O)N1CCCC(O)(CN2CCN(c3ccc4c(=O)n(C)cnc4c3)CC2)C1. The van der Waals surface area contributed by atoms with Crippen LogP contribution in [0.1, 0.15) is 19.8 Å². The van der Waals surface area contributed by atoms with Gasteiger partial charge in [-0.1, -0.05) is 0 Å². The van der Waals surface area contributed by atoms with E-state index in [4.69, 9.17) is 0 Å². The van der Waals surface area contributed by atoms with E-state index in [1.54, 1.807) is 25.2 Å². The van der Waals surface area contributed by atoms with Gasteiger partial charge in [-0.2, -0.15) is 0 Å². The molecule has 0 bridgehead atoms. The fraction of sp³-hybridized carbons (Fsp3) is 0.571. The van der Waals surface area contributed by atoms with Gasteiger partial charge in [0.25, 0.3) is 5.56 Å². The lowest BCUT2D eigenvalue weighted by atomic mass is 9.92. The van der Waals surface area contributed by atoms with E-state index in [2.05, 4.69) is 14.8 Å². The number of hydrogen-bond donors (Lipinski definition) is 1. The molecule has 2 aliphatic heterocycles. The number of piperazine rings is 1. The molecule has 2 fully saturated rings. The number of fused-ring (bicyclic) bond motifs is 1. The average Bonchev–Trinajstić information content (AvgIpc) is 2.71. The second-order valence-corrected chi connectivity index (χ2v) is 8.39. The number of piperidine rings is 1. The molecule has 3 heterocycles. The average molecular weight is 399 g/mol. The van der Waals surface area contributed by atoms with Gasteiger partial charge in [0.1, 0.15) is 0 Å². The largest absolute Gasteiger partial charge is 0.387 e. The number of amides is 1. The van der Waals surface area contributed by atoms with Crippen molar-refractivity contribution in [2.24, 2.45) is 7.05 Å². The molecule has 0 radical (unpaired) electrons. The van der Waals surface area contributed by atoms with Gasteiger partial charge < -0.3 is 19.5 Å². The Hall–Kier alpha value is -2.45. The number of carbonyl (C=O) groups excluding carboxylic acids is 1. The highest BCUT2D eigenvalue weighted by molar-refractivity contribution is 5.81. The van der Waals surface area contributed by atoms with Crippen molar-refractivity contribution in [2.75, 3.05) is 50.7 Å². The number of nitrogens with zero attached hydrogens (tertiary/aromatic N) is 5. The Bertz CT molecular complexity index is 966. The summed E-state index contributed by atoms with van der Waals surface area (Å²) < 4.78 is 1.49. The zero-order chi connectivity index (χ0) is 20.6. The van der Waals surface area contributed by atoms with Crippen molar-refractivity contribution >= 4 is 22.5 Å². The van der Waals surface area contributed by atoms with E-state index in [1.807, 2.05) is 18.2 Å². The summed E-state index contributed by atoms with van der Waals surface area (Å²) in [6.45, 7) is 6.73. The number of likely N-dealkylation sites (tertiary alicyclic amines) is 1. The fourth-order valence-electron chi connectivity index (χ4n) is 4.49. The molecule has 8 heteroatoms. The molecule has 1 unspecified atom stereocenters. The lowest BCUT2D eigenvalue weighted by Gasteiger charge is -2.44. The van der Waals surface area contributed by atoms with Crippen LogP contribution in [0.4, 0.5) is 5.69 Å². The lowest BCUT2D eigenvalue weighted by Crippen LogP contribution is -2.58. The van der Waals surface area contributed by atoms with Crippen molar-refractivity contribution < 1.29 is 9.90 Å². The summed E-state index contributed by atoms with van der Waals surface area (Å²) in [6, 6.07) is 5.82. The van der Waals surface area contributed by atoms with Crippen LogP contribution in [-0.2, 0) is 11.8 Å². The number of hydrogen-bond acceptors (Lipinski definition) is 6. The van der Waals surface area contributed by atoms with Crippen molar-refractivity contribution in [1.82, 2.24) is 19.4 Å². The smallest absolute Gasteiger partial charge is 0.260 e. The maximum atomic E-state index is 12.2. The summed E-state index contributed by atoms with van der Waals surface area (Å²) in [7, 11) is 1.71. The number of carbonyl (C=O) groups is 1. The zero-order valence-corrected chi connectivity index (χ0v) is 17.2. The molecule has 2 aromatic rings. The zero-order valence-electron chi connectivity index (χ0n) is 17.2. The summed E-state index contributed by atoms with van der Waals surface area (Å²) in [5, 5.41) is 11.6. The van der Waals surface area contributed by atoms with Crippen LogP contribution < -0.4 is 10.5 Å². The Morgan fingerprint density at radius 2 is 1.97 bits per heavy atom. The highest BCUT2D eigenvalue weighted by atomic mass is 16.3. The Balaban J connectivity index is 1.39. The first kappa shape index (κ1) is 19.8. The van der Waals surface area contributed by atoms with Gasteiger partial charge in [0.2, 0.25) is 5.91 Å². The normalized spacial score (nSPS) is 23.6. The van der Waals surface area contributed by atoms with Crippen LogP contribution in [0.3, 0.4) is 0 Å². The molecule has 1 aromatic carbocycles. The topological polar surface area (TPSA) is 81.9 Å². The van der Waals surface area contributed by atoms with Crippen LogP contribution in [0.2, 0.25) is 0 Å². The lowest BCUT2D eigenvalue weighted by molar-refractivity contribution is -0.137. The quantitative estimate of drug-likeness (QED) is 0.806. The third-order valence-corrected chi connectivity index (χ3v) is 6.16. The van der Waals surface area contributed by atoms with Crippen LogP contribution >= 0.6 is 0 Å². The summed E-state index contributed by atoms with van der Waals surface area (Å²) in [5.74, 6) is 0.0349. The molecule has 0 spiro atoms. The first-order valence-corrected chi connectivity index (χ1v) is 10.3. The van der Waals surface area contributed by atoms with Crippen molar-refractivity contribution in [1.29, 1.82) is 0 Å². The Morgan fingerprint density at radius 1 is 1.21 bits per heavy atom. The summed E-state index contributed by atoms with van der Waals surface area (Å²) >= 11 is 0. The van der Waals surface area contributed by atoms with Gasteiger partial charge in [0, 0.05) is 58.9 Å². The second-order valence-electron chi connectivity index (χ2n) is 8.39. The maximum Gasteiger partial charge on any atom is 0.260 e. The third kappa shape index (κ3) is 4.13. The number of anilines is 1. The minimum absolute atomic E-state index is 0.0349. The summed E-state index contributed by atoms with van der Waals surface area (Å²) in [5.41, 5.74) is 0.927. The first-order chi connectivity index (χ1) is 13.8. The Labute approximate surface area is 170 Å². The molecular formula is C21H29N5O3. The third-order valence-electron chi connectivity index (χ3n) is 6.16. The standard InChI is InChI=1S/C21H29N5O3/c1-16(27)26-7-3-6-21(29,14-26)13-24-8-10-25(11-9-24)17-4-5-18-19(12-17)22-15-23(2)20(18)28/h4-5,12,15,29H,3,6-11,13-14H2,1-2H3. The van der Waals surface area contributed by atoms with Gasteiger partial charge in [-0.3, -0.25) is 14.5 Å². The summed E-state index contributed by atoms with van der Waals surface area (Å²) in [6.07, 6.45) is 3.14. The molecule has 0 saturated carbocycles. The first-order valence-electron chi connectivity index (χ1n) is 10.3. The van der Waals surface area contributed by atoms with Gasteiger partial charge in [-0.05, 0) is 31.0 Å². The number of benzene rings is 1. The van der Waals surface area contributed by atoms with Crippen LogP contribution in [0.5, 0.6) is 0 Å². The van der Waals surface area contributed by atoms with Gasteiger partial charge in [0.05, 0.1) is 29.4 Å². The minimum atomic E-state index is -0.820. The van der Waals surface area contributed by atoms with Crippen molar-refractivity contribution in [3.05, 3.63) is 34.9 Å². The fourth-order valence-corrected chi connectivity index (χ4v) is 4.49. The van der Waals surface area contributed by atoms with Crippen molar-refractivity contribution in [3.8, 4) is 0 Å². The predicted octanol–water partition coefficient (Wildman–Crippen LogP) is 0.429. The Morgan fingerprint density at radius 3 is 2.69 bits per heavy atom. The van der Waals surface area contributed by atoms with Crippen LogP contribution in [0.15, 0.2) is 29.3 Å². The molecule has 1 aromatic heterocycles. The van der Waals surface area contributed by atoms with Gasteiger partial charge in [-0.25, -0.2) is 4.98 Å². The number of aliphatic hydroxyl groups is 1. The molecular weight excluding hydrogens is 370 g/mol. The van der Waals surface area contributed by atoms with E-state index in [-0.39, 0.29) is 11.5 Å². The van der Waals surface area contributed by atoms with E-state index >= 15 is 0 Å². The van der Waals surface area contributed by atoms with Crippen molar-refractivity contribution in [3.63, 3.8) is 0 Å². The number of β-amino-alcohol motifs (C(OH)–C–C–N with tert-alkyl or cyclic N) is 1. The van der Waals surface area contributed by atoms with E-state index in [1.165, 1.54) is 4.57 Å². The molecule has 0 aliphatic carbocycles. The molecule has 1 amide bonds. The van der Waals surface area contributed by atoms with Crippen molar-refractivity contribution in [2.45, 2.75) is 25.4 Å². The van der Waals surface area contributed by atoms with E-state index in [9.17, 15) is 14.7 Å². The number of aryl methyl sites for hydroxylation is 1. The molecule has 156 valence electrons. The predicted molar refractivity (Wildman–Crippen MR) is 112 cm³/mol. The van der Waals surface area contributed by atoms with Gasteiger partial charge in [0.15, 0.2) is 0 Å². The second kappa shape index (κ2) is 7.76. The van der Waals surface area contributed by atoms with E-state index < -0.39 is 5.60 Å². The highest BCUT2D eigenvalue weighted by Gasteiger charge is 2.36. The molecule has 8 nitrogen and oxygen atoms in total. The highest BCUT2D eigenvalue weighted by Crippen LogP contribution is 2.25. The number of aromatic nitrogens is 2. The van der Waals surface area contributed by atoms with Crippen LogP contribution in [0.25, 0.3) is 10.9 Å². The molecule has 1 atom stereocenters. The number of rotatable bonds is 3. The molecule has 2 aliphatic rings. The molecule has 29 heavy (non-hydrogen) atoms. The monoisotopic (exact) mass is 399 g/mol. The van der Waals surface area contributed by atoms with Crippen LogP contribution in [-0.4, -0.2) is 81.8 Å². The molecule has 1 N–H and O–H groups in total.